The molecular weight excluding hydrogens is 210 g/mol. The van der Waals surface area contributed by atoms with Crippen LogP contribution in [0.25, 0.3) is 0 Å². The predicted octanol–water partition coefficient (Wildman–Crippen LogP) is 2.44. The molecule has 1 unspecified atom stereocenters. The highest BCUT2D eigenvalue weighted by Crippen LogP contribution is 2.30. The Bertz CT molecular complexity index is 378. The van der Waals surface area contributed by atoms with Crippen molar-refractivity contribution >= 4 is 5.69 Å². The highest BCUT2D eigenvalue weighted by molar-refractivity contribution is 5.49. The van der Waals surface area contributed by atoms with Crippen LogP contribution in [0.1, 0.15) is 31.4 Å². The van der Waals surface area contributed by atoms with Gasteiger partial charge in [-0.05, 0) is 18.1 Å². The molecule has 16 heavy (non-hydrogen) atoms. The molecule has 0 saturated carbocycles. The Labute approximate surface area is 93.8 Å². The molecule has 0 aromatic heterocycles. The molecule has 1 rings (SSSR count). The predicted molar refractivity (Wildman–Crippen MR) is 59.5 cm³/mol. The highest BCUT2D eigenvalue weighted by Gasteiger charge is 2.17. The second kappa shape index (κ2) is 5.46. The maximum absolute atomic E-state index is 10.8. The van der Waals surface area contributed by atoms with Crippen molar-refractivity contribution in [1.82, 2.24) is 0 Å². The van der Waals surface area contributed by atoms with Gasteiger partial charge < -0.3 is 9.84 Å². The van der Waals surface area contributed by atoms with Crippen molar-refractivity contribution < 1.29 is 14.8 Å². The molecule has 1 aromatic rings. The van der Waals surface area contributed by atoms with Gasteiger partial charge in [0.2, 0.25) is 0 Å². The molecule has 0 aliphatic carbocycles. The number of nitro benzene ring substituents is 1. The topological polar surface area (TPSA) is 72.6 Å². The second-order valence-electron chi connectivity index (χ2n) is 3.49. The van der Waals surface area contributed by atoms with Crippen LogP contribution in [-0.4, -0.2) is 17.1 Å². The lowest BCUT2D eigenvalue weighted by Gasteiger charge is -2.10. The Balaban J connectivity index is 3.06. The fourth-order valence-electron chi connectivity index (χ4n) is 1.50. The lowest BCUT2D eigenvalue weighted by molar-refractivity contribution is -0.385. The maximum Gasteiger partial charge on any atom is 0.311 e. The van der Waals surface area contributed by atoms with Gasteiger partial charge in [0.15, 0.2) is 5.75 Å². The summed E-state index contributed by atoms with van der Waals surface area (Å²) in [5.74, 6) is 0.206. The van der Waals surface area contributed by atoms with Crippen molar-refractivity contribution in [1.29, 1.82) is 0 Å². The number of aliphatic hydroxyl groups excluding tert-OH is 1. The minimum Gasteiger partial charge on any atom is -0.490 e. The first kappa shape index (κ1) is 12.4. The minimum absolute atomic E-state index is 0.116. The Morgan fingerprint density at radius 2 is 2.25 bits per heavy atom. The Morgan fingerprint density at radius 3 is 2.75 bits per heavy atom. The van der Waals surface area contributed by atoms with Crippen molar-refractivity contribution in [3.8, 4) is 5.75 Å². The molecule has 0 saturated heterocycles. The smallest absolute Gasteiger partial charge is 0.311 e. The fraction of sp³-hybridized carbons (Fsp3) is 0.455. The second-order valence-corrected chi connectivity index (χ2v) is 3.49. The average Bonchev–Trinajstić information content (AvgIpc) is 2.28. The summed E-state index contributed by atoms with van der Waals surface area (Å²) in [6.07, 6.45) is 0.749. The molecule has 5 heteroatoms. The van der Waals surface area contributed by atoms with E-state index in [-0.39, 0.29) is 11.4 Å². The zero-order valence-electron chi connectivity index (χ0n) is 9.34. The first-order chi connectivity index (χ1) is 7.60. The van der Waals surface area contributed by atoms with Crippen LogP contribution in [0.3, 0.4) is 0 Å². The molecule has 0 aliphatic heterocycles. The standard InChI is InChI=1S/C11H15NO4/c1-3-4-10(13)8-5-6-11(16-2)9(7-8)12(14)15/h5-7,10,13H,3-4H2,1-2H3. The monoisotopic (exact) mass is 225 g/mol. The zero-order chi connectivity index (χ0) is 12.1. The number of benzene rings is 1. The zero-order valence-corrected chi connectivity index (χ0v) is 9.34. The first-order valence-electron chi connectivity index (χ1n) is 5.10. The SMILES string of the molecule is CCCC(O)c1ccc(OC)c([N+](=O)[O-])c1. The quantitative estimate of drug-likeness (QED) is 0.617. The van der Waals surface area contributed by atoms with Gasteiger partial charge in [-0.2, -0.15) is 0 Å². The van der Waals surface area contributed by atoms with E-state index >= 15 is 0 Å². The van der Waals surface area contributed by atoms with Gasteiger partial charge >= 0.3 is 5.69 Å². The van der Waals surface area contributed by atoms with Crippen LogP contribution in [0.5, 0.6) is 5.75 Å². The van der Waals surface area contributed by atoms with E-state index in [0.717, 1.165) is 6.42 Å². The van der Waals surface area contributed by atoms with E-state index < -0.39 is 11.0 Å². The summed E-state index contributed by atoms with van der Waals surface area (Å²) in [5.41, 5.74) is 0.435. The summed E-state index contributed by atoms with van der Waals surface area (Å²) < 4.78 is 4.88. The number of hydrogen-bond donors (Lipinski definition) is 1. The molecule has 88 valence electrons. The number of aliphatic hydroxyl groups is 1. The van der Waals surface area contributed by atoms with Crippen LogP contribution in [-0.2, 0) is 0 Å². The third-order valence-electron chi connectivity index (χ3n) is 2.35. The van der Waals surface area contributed by atoms with Gasteiger partial charge in [-0.25, -0.2) is 0 Å². The number of nitro groups is 1. The van der Waals surface area contributed by atoms with E-state index in [0.29, 0.717) is 12.0 Å². The Kier molecular flexibility index (Phi) is 4.25. The van der Waals surface area contributed by atoms with E-state index in [1.807, 2.05) is 6.92 Å². The number of nitrogens with zero attached hydrogens (tertiary/aromatic N) is 1. The van der Waals surface area contributed by atoms with Crippen LogP contribution in [0, 0.1) is 10.1 Å². The van der Waals surface area contributed by atoms with Gasteiger partial charge in [-0.15, -0.1) is 0 Å². The summed E-state index contributed by atoms with van der Waals surface area (Å²) in [4.78, 5) is 10.2. The molecule has 5 nitrogen and oxygen atoms in total. The third kappa shape index (κ3) is 2.70. The van der Waals surface area contributed by atoms with E-state index in [1.54, 1.807) is 6.07 Å². The first-order valence-corrected chi connectivity index (χ1v) is 5.10. The van der Waals surface area contributed by atoms with Gasteiger partial charge in [0.05, 0.1) is 18.1 Å². The third-order valence-corrected chi connectivity index (χ3v) is 2.35. The summed E-state index contributed by atoms with van der Waals surface area (Å²) in [5, 5.41) is 20.5. The van der Waals surface area contributed by atoms with Crippen molar-refractivity contribution in [2.45, 2.75) is 25.9 Å². The Morgan fingerprint density at radius 1 is 1.56 bits per heavy atom. The van der Waals surface area contributed by atoms with Gasteiger partial charge in [0.1, 0.15) is 0 Å². The normalized spacial score (nSPS) is 12.2. The number of rotatable bonds is 5. The van der Waals surface area contributed by atoms with Gasteiger partial charge in [0.25, 0.3) is 0 Å². The van der Waals surface area contributed by atoms with Gasteiger partial charge in [0, 0.05) is 6.07 Å². The number of ether oxygens (including phenoxy) is 1. The molecule has 0 radical (unpaired) electrons. The molecule has 1 atom stereocenters. The number of methoxy groups -OCH3 is 1. The van der Waals surface area contributed by atoms with E-state index in [2.05, 4.69) is 0 Å². The van der Waals surface area contributed by atoms with Crippen molar-refractivity contribution in [2.75, 3.05) is 7.11 Å². The summed E-state index contributed by atoms with van der Waals surface area (Å²) in [7, 11) is 1.38. The minimum atomic E-state index is -0.658. The summed E-state index contributed by atoms with van der Waals surface area (Å²) in [6, 6.07) is 4.51. The molecule has 0 aliphatic rings. The van der Waals surface area contributed by atoms with Crippen molar-refractivity contribution in [3.05, 3.63) is 33.9 Å². The maximum atomic E-state index is 10.8. The molecule has 1 N–H and O–H groups in total. The van der Waals surface area contributed by atoms with Crippen LogP contribution >= 0.6 is 0 Å². The van der Waals surface area contributed by atoms with Crippen LogP contribution in [0.4, 0.5) is 5.69 Å². The lowest BCUT2D eigenvalue weighted by Crippen LogP contribution is -2.00. The fourth-order valence-corrected chi connectivity index (χ4v) is 1.50. The molecule has 0 fully saturated rings. The number of hydrogen-bond acceptors (Lipinski definition) is 4. The molecule has 1 aromatic carbocycles. The lowest BCUT2D eigenvalue weighted by atomic mass is 10.0. The van der Waals surface area contributed by atoms with Crippen molar-refractivity contribution in [2.24, 2.45) is 0 Å². The summed E-state index contributed by atoms with van der Waals surface area (Å²) >= 11 is 0. The van der Waals surface area contributed by atoms with E-state index in [4.69, 9.17) is 4.74 Å². The summed E-state index contributed by atoms with van der Waals surface area (Å²) in [6.45, 7) is 1.95. The Hall–Kier alpha value is -1.62. The molecular formula is C11H15NO4. The van der Waals surface area contributed by atoms with Gasteiger partial charge in [-0.1, -0.05) is 19.4 Å². The molecule has 0 amide bonds. The highest BCUT2D eigenvalue weighted by atomic mass is 16.6. The van der Waals surface area contributed by atoms with Crippen LogP contribution < -0.4 is 4.74 Å². The van der Waals surface area contributed by atoms with Crippen LogP contribution in [0.15, 0.2) is 18.2 Å². The van der Waals surface area contributed by atoms with Gasteiger partial charge in [-0.3, -0.25) is 10.1 Å². The molecule has 0 bridgehead atoms. The van der Waals surface area contributed by atoms with Crippen molar-refractivity contribution in [3.63, 3.8) is 0 Å². The van der Waals surface area contributed by atoms with E-state index in [9.17, 15) is 15.2 Å². The van der Waals surface area contributed by atoms with Crippen LogP contribution in [0.2, 0.25) is 0 Å². The largest absolute Gasteiger partial charge is 0.490 e. The van der Waals surface area contributed by atoms with E-state index in [1.165, 1.54) is 19.2 Å². The molecule has 0 heterocycles. The average molecular weight is 225 g/mol. The molecule has 0 spiro atoms.